The van der Waals surface area contributed by atoms with E-state index in [0.717, 1.165) is 0 Å². The van der Waals surface area contributed by atoms with Gasteiger partial charge in [0.1, 0.15) is 5.41 Å². The van der Waals surface area contributed by atoms with Crippen LogP contribution in [-0.2, 0) is 9.59 Å². The minimum absolute atomic E-state index is 0.0423. The molecule has 0 aromatic heterocycles. The van der Waals surface area contributed by atoms with E-state index in [2.05, 4.69) is 0 Å². The monoisotopic (exact) mass is 316 g/mol. The first-order valence-electron chi connectivity index (χ1n) is 7.92. The Balaban J connectivity index is 1.65. The molecule has 23 heavy (non-hydrogen) atoms. The minimum atomic E-state index is -1.20. The highest BCUT2D eigenvalue weighted by Gasteiger charge is 2.58. The van der Waals surface area contributed by atoms with Gasteiger partial charge < -0.3 is 14.9 Å². The molecule has 1 heterocycles. The number of carbonyl (C=O) groups excluding carboxylic acids is 2. The molecule has 3 rings (SSSR count). The zero-order valence-corrected chi connectivity index (χ0v) is 12.9. The van der Waals surface area contributed by atoms with E-state index in [9.17, 15) is 19.5 Å². The quantitative estimate of drug-likeness (QED) is 0.851. The van der Waals surface area contributed by atoms with Crippen molar-refractivity contribution in [2.45, 2.75) is 19.3 Å². The third-order valence-corrected chi connectivity index (χ3v) is 4.66. The lowest BCUT2D eigenvalue weighted by molar-refractivity contribution is -0.153. The average Bonchev–Trinajstić information content (AvgIpc) is 3.38. The summed E-state index contributed by atoms with van der Waals surface area (Å²) >= 11 is 0. The summed E-state index contributed by atoms with van der Waals surface area (Å²) in [5.74, 6) is -1.36. The standard InChI is InChI=1S/C17H20N2O4/c20-14(13-5-2-1-3-6-13)18-9-4-10-19(12-11-18)15(21)17(7-8-17)16(22)23/h1-3,5-6H,4,7-12H2,(H,22,23). The van der Waals surface area contributed by atoms with Gasteiger partial charge in [0, 0.05) is 31.7 Å². The summed E-state index contributed by atoms with van der Waals surface area (Å²) in [7, 11) is 0. The Morgan fingerprint density at radius 2 is 1.52 bits per heavy atom. The molecule has 1 saturated carbocycles. The van der Waals surface area contributed by atoms with Gasteiger partial charge in [0.2, 0.25) is 5.91 Å². The van der Waals surface area contributed by atoms with Crippen molar-refractivity contribution in [2.24, 2.45) is 5.41 Å². The van der Waals surface area contributed by atoms with E-state index in [-0.39, 0.29) is 11.8 Å². The third kappa shape index (κ3) is 2.93. The molecule has 1 N–H and O–H groups in total. The Labute approximate surface area is 134 Å². The molecular formula is C17H20N2O4. The second kappa shape index (κ2) is 6.02. The van der Waals surface area contributed by atoms with Crippen LogP contribution >= 0.6 is 0 Å². The molecule has 2 fully saturated rings. The molecule has 0 radical (unpaired) electrons. The maximum Gasteiger partial charge on any atom is 0.319 e. The van der Waals surface area contributed by atoms with Gasteiger partial charge in [0.05, 0.1) is 0 Å². The fourth-order valence-corrected chi connectivity index (χ4v) is 3.03. The summed E-state index contributed by atoms with van der Waals surface area (Å²) in [6.07, 6.45) is 1.51. The molecule has 2 aliphatic rings. The fourth-order valence-electron chi connectivity index (χ4n) is 3.03. The number of nitrogens with zero attached hydrogens (tertiary/aromatic N) is 2. The van der Waals surface area contributed by atoms with Gasteiger partial charge in [-0.3, -0.25) is 14.4 Å². The molecule has 1 saturated heterocycles. The van der Waals surface area contributed by atoms with Crippen LogP contribution in [0, 0.1) is 5.41 Å². The van der Waals surface area contributed by atoms with Crippen molar-refractivity contribution in [2.75, 3.05) is 26.2 Å². The topological polar surface area (TPSA) is 77.9 Å². The van der Waals surface area contributed by atoms with Crippen LogP contribution in [-0.4, -0.2) is 58.9 Å². The molecule has 6 heteroatoms. The number of hydrogen-bond donors (Lipinski definition) is 1. The third-order valence-electron chi connectivity index (χ3n) is 4.66. The van der Waals surface area contributed by atoms with Crippen molar-refractivity contribution >= 4 is 17.8 Å². The predicted molar refractivity (Wildman–Crippen MR) is 82.8 cm³/mol. The molecular weight excluding hydrogens is 296 g/mol. The average molecular weight is 316 g/mol. The maximum atomic E-state index is 12.5. The summed E-state index contributed by atoms with van der Waals surface area (Å²) in [6.45, 7) is 1.92. The highest BCUT2D eigenvalue weighted by molar-refractivity contribution is 6.04. The summed E-state index contributed by atoms with van der Waals surface area (Å²) in [5, 5.41) is 9.25. The second-order valence-electron chi connectivity index (χ2n) is 6.19. The van der Waals surface area contributed by atoms with Crippen LogP contribution in [0.2, 0.25) is 0 Å². The van der Waals surface area contributed by atoms with Crippen LogP contribution in [0.1, 0.15) is 29.6 Å². The first-order chi connectivity index (χ1) is 11.0. The van der Waals surface area contributed by atoms with E-state index in [4.69, 9.17) is 0 Å². The summed E-state index contributed by atoms with van der Waals surface area (Å²) < 4.78 is 0. The molecule has 1 aromatic rings. The van der Waals surface area contributed by atoms with Gasteiger partial charge in [0.25, 0.3) is 5.91 Å². The number of amides is 2. The van der Waals surface area contributed by atoms with Crippen molar-refractivity contribution in [3.05, 3.63) is 35.9 Å². The normalized spacial score (nSPS) is 19.8. The lowest BCUT2D eigenvalue weighted by Crippen LogP contribution is -2.43. The molecule has 2 amide bonds. The highest BCUT2D eigenvalue weighted by Crippen LogP contribution is 2.47. The van der Waals surface area contributed by atoms with Gasteiger partial charge in [-0.2, -0.15) is 0 Å². The van der Waals surface area contributed by atoms with Gasteiger partial charge in [0.15, 0.2) is 0 Å². The van der Waals surface area contributed by atoms with Crippen molar-refractivity contribution in [3.8, 4) is 0 Å². The number of rotatable bonds is 3. The lowest BCUT2D eigenvalue weighted by Gasteiger charge is -2.24. The maximum absolute atomic E-state index is 12.5. The molecule has 1 aliphatic carbocycles. The Morgan fingerprint density at radius 3 is 2.13 bits per heavy atom. The summed E-state index contributed by atoms with van der Waals surface area (Å²) in [6, 6.07) is 9.06. The fraction of sp³-hybridized carbons (Fsp3) is 0.471. The zero-order chi connectivity index (χ0) is 16.4. The largest absolute Gasteiger partial charge is 0.480 e. The number of benzene rings is 1. The van der Waals surface area contributed by atoms with Gasteiger partial charge in [-0.15, -0.1) is 0 Å². The first-order valence-corrected chi connectivity index (χ1v) is 7.92. The Kier molecular flexibility index (Phi) is 4.07. The van der Waals surface area contributed by atoms with Crippen molar-refractivity contribution < 1.29 is 19.5 Å². The molecule has 0 bridgehead atoms. The van der Waals surface area contributed by atoms with E-state index in [1.54, 1.807) is 21.9 Å². The second-order valence-corrected chi connectivity index (χ2v) is 6.19. The van der Waals surface area contributed by atoms with Gasteiger partial charge in [-0.05, 0) is 31.4 Å². The van der Waals surface area contributed by atoms with E-state index in [1.807, 2.05) is 18.2 Å². The van der Waals surface area contributed by atoms with E-state index in [0.29, 0.717) is 51.0 Å². The van der Waals surface area contributed by atoms with Crippen LogP contribution in [0.5, 0.6) is 0 Å². The number of hydrogen-bond acceptors (Lipinski definition) is 3. The van der Waals surface area contributed by atoms with Gasteiger partial charge in [-0.1, -0.05) is 18.2 Å². The van der Waals surface area contributed by atoms with Crippen molar-refractivity contribution in [1.82, 2.24) is 9.80 Å². The zero-order valence-electron chi connectivity index (χ0n) is 12.9. The number of carboxylic acid groups (broad SMARTS) is 1. The Morgan fingerprint density at radius 1 is 0.913 bits per heavy atom. The number of carbonyl (C=O) groups is 3. The molecule has 1 aliphatic heterocycles. The minimum Gasteiger partial charge on any atom is -0.480 e. The highest BCUT2D eigenvalue weighted by atomic mass is 16.4. The molecule has 6 nitrogen and oxygen atoms in total. The SMILES string of the molecule is O=C(c1ccccc1)N1CCCN(C(=O)C2(C(=O)O)CC2)CC1. The molecule has 0 spiro atoms. The van der Waals surface area contributed by atoms with Crippen molar-refractivity contribution in [3.63, 3.8) is 0 Å². The van der Waals surface area contributed by atoms with Crippen LogP contribution in [0.15, 0.2) is 30.3 Å². The van der Waals surface area contributed by atoms with Crippen LogP contribution in [0.3, 0.4) is 0 Å². The van der Waals surface area contributed by atoms with Crippen LogP contribution in [0.25, 0.3) is 0 Å². The smallest absolute Gasteiger partial charge is 0.319 e. The molecule has 0 unspecified atom stereocenters. The Bertz CT molecular complexity index is 625. The predicted octanol–water partition coefficient (Wildman–Crippen LogP) is 1.23. The molecule has 1 aromatic carbocycles. The molecule has 122 valence electrons. The van der Waals surface area contributed by atoms with Gasteiger partial charge >= 0.3 is 5.97 Å². The van der Waals surface area contributed by atoms with E-state index < -0.39 is 11.4 Å². The Hall–Kier alpha value is -2.37. The van der Waals surface area contributed by atoms with Crippen LogP contribution in [0.4, 0.5) is 0 Å². The summed E-state index contributed by atoms with van der Waals surface area (Å²) in [5.41, 5.74) is -0.560. The van der Waals surface area contributed by atoms with Gasteiger partial charge in [-0.25, -0.2) is 0 Å². The lowest BCUT2D eigenvalue weighted by atomic mass is 10.1. The van der Waals surface area contributed by atoms with Crippen molar-refractivity contribution in [1.29, 1.82) is 0 Å². The first kappa shape index (κ1) is 15.5. The molecule has 0 atom stereocenters. The number of carboxylic acids is 1. The van der Waals surface area contributed by atoms with Crippen LogP contribution < -0.4 is 0 Å². The number of aliphatic carboxylic acids is 1. The van der Waals surface area contributed by atoms with E-state index >= 15 is 0 Å². The summed E-state index contributed by atoms with van der Waals surface area (Å²) in [4.78, 5) is 39.6. The van der Waals surface area contributed by atoms with E-state index in [1.165, 1.54) is 0 Å².